The summed E-state index contributed by atoms with van der Waals surface area (Å²) in [6.45, 7) is 1.89. The Kier molecular flexibility index (Phi) is 5.31. The van der Waals surface area contributed by atoms with Crippen LogP contribution in [0.2, 0.25) is 0 Å². The maximum atomic E-state index is 11.8. The summed E-state index contributed by atoms with van der Waals surface area (Å²) in [6, 6.07) is 14.2. The Hall–Kier alpha value is -1.45. The lowest BCUT2D eigenvalue weighted by Gasteiger charge is -2.16. The van der Waals surface area contributed by atoms with E-state index >= 15 is 0 Å². The van der Waals surface area contributed by atoms with Crippen molar-refractivity contribution in [2.45, 2.75) is 19.4 Å². The van der Waals surface area contributed by atoms with E-state index < -0.39 is 0 Å². The van der Waals surface area contributed by atoms with Crippen LogP contribution in [0.3, 0.4) is 0 Å². The smallest absolute Gasteiger partial charge is 0.172 e. The fraction of sp³-hybridized carbons (Fsp3) is 0.312. The SMILES string of the molecule is CN(CCCC(=O)c1cccs1)Cc1ccccc1. The molecule has 0 bridgehead atoms. The first-order valence-electron chi connectivity index (χ1n) is 6.55. The first-order chi connectivity index (χ1) is 9.25. The third-order valence-electron chi connectivity index (χ3n) is 3.03. The van der Waals surface area contributed by atoms with E-state index in [9.17, 15) is 4.79 Å². The van der Waals surface area contributed by atoms with Gasteiger partial charge in [-0.15, -0.1) is 11.3 Å². The average Bonchev–Trinajstić information content (AvgIpc) is 2.93. The summed E-state index contributed by atoms with van der Waals surface area (Å²) in [7, 11) is 2.10. The molecule has 3 heteroatoms. The van der Waals surface area contributed by atoms with Gasteiger partial charge < -0.3 is 4.90 Å². The van der Waals surface area contributed by atoms with Crippen molar-refractivity contribution in [1.82, 2.24) is 4.90 Å². The predicted octanol–water partition coefficient (Wildman–Crippen LogP) is 3.84. The van der Waals surface area contributed by atoms with Gasteiger partial charge in [-0.1, -0.05) is 36.4 Å². The van der Waals surface area contributed by atoms with E-state index in [0.717, 1.165) is 24.4 Å². The van der Waals surface area contributed by atoms with Gasteiger partial charge in [0.05, 0.1) is 4.88 Å². The molecule has 1 heterocycles. The summed E-state index contributed by atoms with van der Waals surface area (Å²) in [6.07, 6.45) is 1.56. The quantitative estimate of drug-likeness (QED) is 0.714. The Bertz CT molecular complexity index is 493. The number of benzene rings is 1. The summed E-state index contributed by atoms with van der Waals surface area (Å²) in [5.74, 6) is 0.267. The number of ketones is 1. The molecule has 0 unspecified atom stereocenters. The van der Waals surface area contributed by atoms with E-state index in [0.29, 0.717) is 6.42 Å². The van der Waals surface area contributed by atoms with Crippen LogP contribution in [0.25, 0.3) is 0 Å². The Morgan fingerprint density at radius 3 is 2.63 bits per heavy atom. The summed E-state index contributed by atoms with van der Waals surface area (Å²) in [5, 5.41) is 1.95. The fourth-order valence-electron chi connectivity index (χ4n) is 2.04. The van der Waals surface area contributed by atoms with Crippen molar-refractivity contribution in [1.29, 1.82) is 0 Å². The van der Waals surface area contributed by atoms with Gasteiger partial charge in [0, 0.05) is 13.0 Å². The molecule has 1 aromatic carbocycles. The molecule has 0 fully saturated rings. The lowest BCUT2D eigenvalue weighted by molar-refractivity contribution is 0.0980. The molecule has 0 aliphatic carbocycles. The van der Waals surface area contributed by atoms with Gasteiger partial charge in [0.2, 0.25) is 0 Å². The maximum Gasteiger partial charge on any atom is 0.172 e. The molecule has 2 nitrogen and oxygen atoms in total. The number of rotatable bonds is 7. The molecule has 0 N–H and O–H groups in total. The van der Waals surface area contributed by atoms with E-state index in [1.54, 1.807) is 0 Å². The highest BCUT2D eigenvalue weighted by atomic mass is 32.1. The van der Waals surface area contributed by atoms with Gasteiger partial charge in [0.25, 0.3) is 0 Å². The Morgan fingerprint density at radius 1 is 1.16 bits per heavy atom. The van der Waals surface area contributed by atoms with Crippen molar-refractivity contribution in [3.8, 4) is 0 Å². The van der Waals surface area contributed by atoms with Crippen molar-refractivity contribution in [3.05, 3.63) is 58.3 Å². The Morgan fingerprint density at radius 2 is 1.95 bits per heavy atom. The number of hydrogen-bond donors (Lipinski definition) is 0. The highest BCUT2D eigenvalue weighted by Gasteiger charge is 2.07. The van der Waals surface area contributed by atoms with Crippen LogP contribution in [0.5, 0.6) is 0 Å². The number of carbonyl (C=O) groups excluding carboxylic acids is 1. The number of thiophene rings is 1. The Labute approximate surface area is 118 Å². The summed E-state index contributed by atoms with van der Waals surface area (Å²) in [5.41, 5.74) is 1.31. The molecule has 100 valence electrons. The highest BCUT2D eigenvalue weighted by molar-refractivity contribution is 7.12. The van der Waals surface area contributed by atoms with Crippen molar-refractivity contribution in [2.75, 3.05) is 13.6 Å². The molecule has 0 amide bonds. The molecular weight excluding hydrogens is 254 g/mol. The van der Waals surface area contributed by atoms with E-state index in [1.807, 2.05) is 23.6 Å². The van der Waals surface area contributed by atoms with Crippen LogP contribution in [0.4, 0.5) is 0 Å². The summed E-state index contributed by atoms with van der Waals surface area (Å²) >= 11 is 1.53. The summed E-state index contributed by atoms with van der Waals surface area (Å²) < 4.78 is 0. The first-order valence-corrected chi connectivity index (χ1v) is 7.43. The van der Waals surface area contributed by atoms with Gasteiger partial charge in [-0.05, 0) is 37.0 Å². The molecular formula is C16H19NOS. The lowest BCUT2D eigenvalue weighted by Crippen LogP contribution is -2.19. The molecule has 0 saturated carbocycles. The van der Waals surface area contributed by atoms with Crippen LogP contribution < -0.4 is 0 Å². The van der Waals surface area contributed by atoms with Crippen LogP contribution >= 0.6 is 11.3 Å². The predicted molar refractivity (Wildman–Crippen MR) is 80.7 cm³/mol. The largest absolute Gasteiger partial charge is 0.302 e. The third kappa shape index (κ3) is 4.62. The van der Waals surface area contributed by atoms with E-state index in [2.05, 4.69) is 36.2 Å². The lowest BCUT2D eigenvalue weighted by atomic mass is 10.1. The van der Waals surface area contributed by atoms with Crippen LogP contribution in [-0.4, -0.2) is 24.3 Å². The molecule has 0 atom stereocenters. The Balaban J connectivity index is 1.69. The van der Waals surface area contributed by atoms with Gasteiger partial charge in [-0.3, -0.25) is 4.79 Å². The standard InChI is InChI=1S/C16H19NOS/c1-17(13-14-7-3-2-4-8-14)11-5-9-15(18)16-10-6-12-19-16/h2-4,6-8,10,12H,5,9,11,13H2,1H3. The van der Waals surface area contributed by atoms with Crippen molar-refractivity contribution in [3.63, 3.8) is 0 Å². The topological polar surface area (TPSA) is 20.3 Å². The zero-order chi connectivity index (χ0) is 13.5. The molecule has 19 heavy (non-hydrogen) atoms. The van der Waals surface area contributed by atoms with Crippen LogP contribution in [0, 0.1) is 0 Å². The van der Waals surface area contributed by atoms with Gasteiger partial charge in [-0.2, -0.15) is 0 Å². The normalized spacial score (nSPS) is 10.8. The zero-order valence-electron chi connectivity index (χ0n) is 11.2. The minimum atomic E-state index is 0.267. The first kappa shape index (κ1) is 14.0. The molecule has 2 rings (SSSR count). The molecule has 0 aliphatic heterocycles. The molecule has 0 saturated heterocycles. The van der Waals surface area contributed by atoms with E-state index in [1.165, 1.54) is 16.9 Å². The fourth-order valence-corrected chi connectivity index (χ4v) is 2.74. The number of hydrogen-bond acceptors (Lipinski definition) is 3. The van der Waals surface area contributed by atoms with E-state index in [4.69, 9.17) is 0 Å². The molecule has 0 radical (unpaired) electrons. The monoisotopic (exact) mass is 273 g/mol. The minimum Gasteiger partial charge on any atom is -0.302 e. The number of carbonyl (C=O) groups is 1. The summed E-state index contributed by atoms with van der Waals surface area (Å²) in [4.78, 5) is 15.0. The second-order valence-electron chi connectivity index (χ2n) is 4.73. The van der Waals surface area contributed by atoms with Gasteiger partial charge >= 0.3 is 0 Å². The van der Waals surface area contributed by atoms with Crippen molar-refractivity contribution in [2.24, 2.45) is 0 Å². The minimum absolute atomic E-state index is 0.267. The van der Waals surface area contributed by atoms with E-state index in [-0.39, 0.29) is 5.78 Å². The second kappa shape index (κ2) is 7.22. The van der Waals surface area contributed by atoms with Crippen LogP contribution in [0.15, 0.2) is 47.8 Å². The average molecular weight is 273 g/mol. The molecule has 2 aromatic rings. The number of nitrogens with zero attached hydrogens (tertiary/aromatic N) is 1. The number of Topliss-reactive ketones (excluding diaryl/α,β-unsaturated/α-hetero) is 1. The molecule has 0 spiro atoms. The zero-order valence-corrected chi connectivity index (χ0v) is 12.0. The van der Waals surface area contributed by atoms with Crippen molar-refractivity contribution < 1.29 is 4.79 Å². The van der Waals surface area contributed by atoms with Gasteiger partial charge in [0.1, 0.15) is 0 Å². The van der Waals surface area contributed by atoms with Crippen molar-refractivity contribution >= 4 is 17.1 Å². The van der Waals surface area contributed by atoms with Gasteiger partial charge in [0.15, 0.2) is 5.78 Å². The highest BCUT2D eigenvalue weighted by Crippen LogP contribution is 2.12. The van der Waals surface area contributed by atoms with Crippen LogP contribution in [-0.2, 0) is 6.54 Å². The van der Waals surface area contributed by atoms with Gasteiger partial charge in [-0.25, -0.2) is 0 Å². The molecule has 1 aromatic heterocycles. The van der Waals surface area contributed by atoms with Crippen LogP contribution in [0.1, 0.15) is 28.1 Å². The third-order valence-corrected chi connectivity index (χ3v) is 3.95. The maximum absolute atomic E-state index is 11.8. The molecule has 0 aliphatic rings. The second-order valence-corrected chi connectivity index (χ2v) is 5.68.